The van der Waals surface area contributed by atoms with Gasteiger partial charge in [-0.1, -0.05) is 6.07 Å². The van der Waals surface area contributed by atoms with E-state index >= 15 is 0 Å². The number of hydrogen-bond donors (Lipinski definition) is 3. The highest BCUT2D eigenvalue weighted by atomic mass is 32.1. The smallest absolute Gasteiger partial charge is 0.272 e. The maximum absolute atomic E-state index is 14.1. The first-order chi connectivity index (χ1) is 13.0. The van der Waals surface area contributed by atoms with Crippen LogP contribution in [-0.4, -0.2) is 20.2 Å². The van der Waals surface area contributed by atoms with Gasteiger partial charge in [0.15, 0.2) is 0 Å². The molecule has 0 radical (unpaired) electrons. The average Bonchev–Trinajstić information content (AvgIpc) is 3.26. The Hall–Kier alpha value is -3.26. The maximum atomic E-state index is 14.1. The largest absolute Gasteiger partial charge is 0.394 e. The quantitative estimate of drug-likeness (QED) is 0.409. The molecule has 0 aliphatic carbocycles. The summed E-state index contributed by atoms with van der Waals surface area (Å²) in [7, 11) is 0. The summed E-state index contributed by atoms with van der Waals surface area (Å²) in [6.45, 7) is 3.91. The first-order valence-corrected chi connectivity index (χ1v) is 9.11. The Kier molecular flexibility index (Phi) is 3.17. The third-order valence-corrected chi connectivity index (χ3v) is 5.81. The molecule has 0 saturated heterocycles. The van der Waals surface area contributed by atoms with E-state index in [9.17, 15) is 9.18 Å². The highest BCUT2D eigenvalue weighted by Gasteiger charge is 2.20. The fraction of sp³-hybridized carbons (Fsp3) is 0.105. The summed E-state index contributed by atoms with van der Waals surface area (Å²) in [5.74, 6) is -0.407. The molecule has 0 bridgehead atoms. The number of nitrogens with one attached hydrogen (secondary N) is 2. The molecule has 0 saturated carbocycles. The molecule has 4 N–H and O–H groups in total. The summed E-state index contributed by atoms with van der Waals surface area (Å²) in [5.41, 5.74) is 9.98. The van der Waals surface area contributed by atoms with Crippen molar-refractivity contribution in [1.82, 2.24) is 20.2 Å². The van der Waals surface area contributed by atoms with Crippen LogP contribution in [0.2, 0.25) is 0 Å². The molecule has 0 atom stereocenters. The molecule has 3 aromatic heterocycles. The molecule has 8 heteroatoms. The van der Waals surface area contributed by atoms with Gasteiger partial charge in [0.1, 0.15) is 17.0 Å². The number of aryl methyl sites for hydroxylation is 2. The van der Waals surface area contributed by atoms with E-state index in [1.54, 1.807) is 12.3 Å². The number of halogens is 1. The van der Waals surface area contributed by atoms with Gasteiger partial charge in [-0.25, -0.2) is 9.37 Å². The van der Waals surface area contributed by atoms with Gasteiger partial charge in [0.2, 0.25) is 0 Å². The normalized spacial score (nSPS) is 11.8. The van der Waals surface area contributed by atoms with Crippen molar-refractivity contribution < 1.29 is 4.39 Å². The Balaban J connectivity index is 2.03. The summed E-state index contributed by atoms with van der Waals surface area (Å²) >= 11 is 1.52. The zero-order valence-corrected chi connectivity index (χ0v) is 15.3. The number of aromatic amines is 2. The zero-order valence-electron chi connectivity index (χ0n) is 14.5. The zero-order chi connectivity index (χ0) is 18.9. The number of aromatic nitrogens is 4. The van der Waals surface area contributed by atoms with E-state index in [2.05, 4.69) is 20.2 Å². The molecule has 0 aliphatic rings. The van der Waals surface area contributed by atoms with Crippen LogP contribution in [0.3, 0.4) is 0 Å². The van der Waals surface area contributed by atoms with Crippen LogP contribution in [-0.2, 0) is 0 Å². The van der Waals surface area contributed by atoms with Crippen LogP contribution in [0.15, 0.2) is 29.2 Å². The molecule has 0 fully saturated rings. The van der Waals surface area contributed by atoms with Gasteiger partial charge in [-0.2, -0.15) is 5.10 Å². The van der Waals surface area contributed by atoms with E-state index < -0.39 is 5.82 Å². The lowest BCUT2D eigenvalue weighted by Crippen LogP contribution is -2.13. The number of thiazole rings is 1. The van der Waals surface area contributed by atoms with Crippen molar-refractivity contribution in [2.45, 2.75) is 13.8 Å². The van der Waals surface area contributed by atoms with Gasteiger partial charge in [-0.3, -0.25) is 9.89 Å². The number of benzene rings is 2. The second-order valence-corrected chi connectivity index (χ2v) is 7.73. The lowest BCUT2D eigenvalue weighted by atomic mass is 9.95. The molecule has 5 rings (SSSR count). The van der Waals surface area contributed by atoms with Gasteiger partial charge in [-0.15, -0.1) is 11.3 Å². The van der Waals surface area contributed by atoms with E-state index in [0.717, 1.165) is 26.2 Å². The topological polar surface area (TPSA) is 100 Å². The standard InChI is InChI=1S/C19H14FN5OS/c1-7-5-10-13(9-3-4-12(20)16-11(9)6-22-25-16)14(21)19(26)24-17(10)18-15(7)23-8(2)27-18/h3-6H,21H2,1-2H3,(H,22,25)(H,24,26). The minimum atomic E-state index is -0.407. The van der Waals surface area contributed by atoms with Gasteiger partial charge in [0, 0.05) is 16.3 Å². The lowest BCUT2D eigenvalue weighted by Gasteiger charge is -2.12. The van der Waals surface area contributed by atoms with Crippen LogP contribution in [0.1, 0.15) is 10.6 Å². The molecule has 6 nitrogen and oxygen atoms in total. The predicted molar refractivity (Wildman–Crippen MR) is 107 cm³/mol. The molecular weight excluding hydrogens is 365 g/mol. The Morgan fingerprint density at radius 2 is 2.00 bits per heavy atom. The minimum absolute atomic E-state index is 0.0941. The molecule has 2 aromatic carbocycles. The van der Waals surface area contributed by atoms with E-state index in [0.29, 0.717) is 22.0 Å². The lowest BCUT2D eigenvalue weighted by molar-refractivity contribution is 0.636. The summed E-state index contributed by atoms with van der Waals surface area (Å²) < 4.78 is 15.0. The maximum Gasteiger partial charge on any atom is 0.272 e. The minimum Gasteiger partial charge on any atom is -0.394 e. The van der Waals surface area contributed by atoms with Crippen LogP contribution in [0.25, 0.3) is 43.1 Å². The number of rotatable bonds is 1. The molecule has 0 unspecified atom stereocenters. The predicted octanol–water partition coefficient (Wildman–Crippen LogP) is 4.02. The number of fused-ring (bicyclic) bond motifs is 4. The Morgan fingerprint density at radius 3 is 2.81 bits per heavy atom. The summed E-state index contributed by atoms with van der Waals surface area (Å²) in [5, 5.41) is 8.91. The van der Waals surface area contributed by atoms with Crippen LogP contribution in [0, 0.1) is 19.7 Å². The summed E-state index contributed by atoms with van der Waals surface area (Å²) in [4.78, 5) is 20.1. The van der Waals surface area contributed by atoms with Crippen LogP contribution >= 0.6 is 11.3 Å². The van der Waals surface area contributed by atoms with Crippen molar-refractivity contribution in [3.63, 3.8) is 0 Å². The molecule has 27 heavy (non-hydrogen) atoms. The van der Waals surface area contributed by atoms with Gasteiger partial charge in [-0.05, 0) is 37.1 Å². The number of nitrogens with zero attached hydrogens (tertiary/aromatic N) is 2. The van der Waals surface area contributed by atoms with Crippen molar-refractivity contribution >= 4 is 49.0 Å². The third-order valence-electron chi connectivity index (χ3n) is 4.82. The fourth-order valence-electron chi connectivity index (χ4n) is 3.61. The molecular formula is C19H14FN5OS. The van der Waals surface area contributed by atoms with Crippen molar-refractivity contribution in [3.05, 3.63) is 51.1 Å². The first kappa shape index (κ1) is 16.0. The Labute approximate surface area is 155 Å². The monoisotopic (exact) mass is 379 g/mol. The molecule has 0 spiro atoms. The molecule has 3 heterocycles. The average molecular weight is 379 g/mol. The van der Waals surface area contributed by atoms with Gasteiger partial charge in [0.25, 0.3) is 5.56 Å². The summed E-state index contributed by atoms with van der Waals surface area (Å²) in [6, 6.07) is 4.95. The SMILES string of the molecule is Cc1nc2c(C)cc3c(-c4ccc(F)c5[nH]ncc45)c(N)c(=O)[nH]c3c2s1. The van der Waals surface area contributed by atoms with Crippen LogP contribution < -0.4 is 11.3 Å². The fourth-order valence-corrected chi connectivity index (χ4v) is 4.61. The second-order valence-electron chi connectivity index (χ2n) is 6.52. The van der Waals surface area contributed by atoms with Gasteiger partial charge in [0.05, 0.1) is 26.9 Å². The highest BCUT2D eigenvalue weighted by molar-refractivity contribution is 7.19. The van der Waals surface area contributed by atoms with Crippen molar-refractivity contribution in [1.29, 1.82) is 0 Å². The summed E-state index contributed by atoms with van der Waals surface area (Å²) in [6.07, 6.45) is 1.54. The van der Waals surface area contributed by atoms with Crippen molar-refractivity contribution in [2.24, 2.45) is 0 Å². The molecule has 0 aliphatic heterocycles. The number of anilines is 1. The number of H-pyrrole nitrogens is 2. The van der Waals surface area contributed by atoms with E-state index in [1.807, 2.05) is 19.9 Å². The van der Waals surface area contributed by atoms with Crippen LogP contribution in [0.4, 0.5) is 10.1 Å². The van der Waals surface area contributed by atoms with Crippen molar-refractivity contribution in [2.75, 3.05) is 5.73 Å². The highest BCUT2D eigenvalue weighted by Crippen LogP contribution is 2.40. The second kappa shape index (κ2) is 5.37. The Bertz CT molecular complexity index is 1450. The number of pyridine rings is 1. The van der Waals surface area contributed by atoms with E-state index in [4.69, 9.17) is 5.73 Å². The number of hydrogen-bond acceptors (Lipinski definition) is 5. The van der Waals surface area contributed by atoms with Gasteiger partial charge >= 0.3 is 0 Å². The van der Waals surface area contributed by atoms with Crippen molar-refractivity contribution in [3.8, 4) is 11.1 Å². The number of nitrogen functional groups attached to an aromatic ring is 1. The Morgan fingerprint density at radius 1 is 1.19 bits per heavy atom. The van der Waals surface area contributed by atoms with E-state index in [-0.39, 0.29) is 16.8 Å². The molecule has 0 amide bonds. The van der Waals surface area contributed by atoms with E-state index in [1.165, 1.54) is 17.4 Å². The first-order valence-electron chi connectivity index (χ1n) is 8.30. The van der Waals surface area contributed by atoms with Gasteiger partial charge < -0.3 is 10.7 Å². The van der Waals surface area contributed by atoms with Crippen LogP contribution in [0.5, 0.6) is 0 Å². The third kappa shape index (κ3) is 2.13. The number of nitrogens with two attached hydrogens (primary N) is 1. The molecule has 134 valence electrons. The molecule has 5 aromatic rings.